The second-order valence-electron chi connectivity index (χ2n) is 6.83. The Balaban J connectivity index is 1.86. The maximum atomic E-state index is 12.7. The Morgan fingerprint density at radius 2 is 2.04 bits per heavy atom. The van der Waals surface area contributed by atoms with E-state index < -0.39 is 5.41 Å². The number of benzene rings is 1. The highest BCUT2D eigenvalue weighted by molar-refractivity contribution is 6.07. The van der Waals surface area contributed by atoms with Gasteiger partial charge >= 0.3 is 0 Å². The third kappa shape index (κ3) is 2.80. The molecule has 2 heterocycles. The molecule has 0 aliphatic carbocycles. The number of methoxy groups -OCH3 is 1. The van der Waals surface area contributed by atoms with Crippen molar-refractivity contribution in [3.63, 3.8) is 0 Å². The minimum Gasteiger partial charge on any atom is -0.383 e. The SMILES string of the molecule is COCCN1CCC2(CC1)C(=O)Nc1ccc(C(=O)N(C)C)cc12. The lowest BCUT2D eigenvalue weighted by atomic mass is 9.73. The molecule has 1 fully saturated rings. The molecule has 1 saturated heterocycles. The summed E-state index contributed by atoms with van der Waals surface area (Å²) in [6.45, 7) is 3.32. The van der Waals surface area contributed by atoms with E-state index in [0.717, 1.165) is 43.7 Å². The van der Waals surface area contributed by atoms with Crippen LogP contribution in [0.25, 0.3) is 0 Å². The highest BCUT2D eigenvalue weighted by Gasteiger charge is 2.48. The van der Waals surface area contributed by atoms with Crippen LogP contribution in [0.3, 0.4) is 0 Å². The number of anilines is 1. The Morgan fingerprint density at radius 1 is 1.33 bits per heavy atom. The predicted octanol–water partition coefficient (Wildman–Crippen LogP) is 1.32. The van der Waals surface area contributed by atoms with Gasteiger partial charge in [-0.05, 0) is 49.7 Å². The molecular formula is C18H25N3O3. The van der Waals surface area contributed by atoms with Crippen molar-refractivity contribution in [2.45, 2.75) is 18.3 Å². The molecule has 1 spiro atoms. The number of fused-ring (bicyclic) bond motifs is 2. The fourth-order valence-corrected chi connectivity index (χ4v) is 3.68. The summed E-state index contributed by atoms with van der Waals surface area (Å²) in [5, 5.41) is 3.00. The third-order valence-corrected chi connectivity index (χ3v) is 5.19. The average Bonchev–Trinajstić information content (AvgIpc) is 2.85. The van der Waals surface area contributed by atoms with Crippen molar-refractivity contribution in [2.24, 2.45) is 0 Å². The van der Waals surface area contributed by atoms with Gasteiger partial charge in [-0.1, -0.05) is 0 Å². The van der Waals surface area contributed by atoms with E-state index in [2.05, 4.69) is 10.2 Å². The Bertz CT molecular complexity index is 649. The Hall–Kier alpha value is -1.92. The van der Waals surface area contributed by atoms with E-state index in [1.165, 1.54) is 0 Å². The number of rotatable bonds is 4. The zero-order valence-electron chi connectivity index (χ0n) is 14.6. The molecule has 0 bridgehead atoms. The lowest BCUT2D eigenvalue weighted by molar-refractivity contribution is -0.122. The largest absolute Gasteiger partial charge is 0.383 e. The summed E-state index contributed by atoms with van der Waals surface area (Å²) in [5.41, 5.74) is 1.96. The monoisotopic (exact) mass is 331 g/mol. The van der Waals surface area contributed by atoms with Crippen LogP contribution in [0, 0.1) is 0 Å². The smallest absolute Gasteiger partial charge is 0.253 e. The molecule has 6 heteroatoms. The van der Waals surface area contributed by atoms with Crippen LogP contribution in [0.1, 0.15) is 28.8 Å². The first-order valence-corrected chi connectivity index (χ1v) is 8.37. The lowest BCUT2D eigenvalue weighted by Gasteiger charge is -2.38. The molecule has 0 unspecified atom stereocenters. The average molecular weight is 331 g/mol. The van der Waals surface area contributed by atoms with Crippen LogP contribution in [0.4, 0.5) is 5.69 Å². The Morgan fingerprint density at radius 3 is 2.67 bits per heavy atom. The number of piperidine rings is 1. The van der Waals surface area contributed by atoms with Gasteiger partial charge in [0, 0.05) is 39.0 Å². The molecule has 2 aliphatic rings. The van der Waals surface area contributed by atoms with Gasteiger partial charge in [-0.2, -0.15) is 0 Å². The van der Waals surface area contributed by atoms with Crippen LogP contribution in [-0.2, 0) is 14.9 Å². The van der Waals surface area contributed by atoms with Gasteiger partial charge in [-0.15, -0.1) is 0 Å². The molecule has 0 saturated carbocycles. The van der Waals surface area contributed by atoms with Gasteiger partial charge in [-0.25, -0.2) is 0 Å². The van der Waals surface area contributed by atoms with Crippen molar-refractivity contribution in [1.82, 2.24) is 9.80 Å². The van der Waals surface area contributed by atoms with Crippen molar-refractivity contribution in [2.75, 3.05) is 52.8 Å². The van der Waals surface area contributed by atoms with Crippen LogP contribution in [0.2, 0.25) is 0 Å². The highest BCUT2D eigenvalue weighted by atomic mass is 16.5. The molecule has 24 heavy (non-hydrogen) atoms. The molecule has 0 radical (unpaired) electrons. The van der Waals surface area contributed by atoms with E-state index in [9.17, 15) is 9.59 Å². The first-order valence-electron chi connectivity index (χ1n) is 8.37. The van der Waals surface area contributed by atoms with Crippen LogP contribution in [0.5, 0.6) is 0 Å². The molecule has 1 N–H and O–H groups in total. The molecule has 2 aliphatic heterocycles. The van der Waals surface area contributed by atoms with E-state index in [-0.39, 0.29) is 11.8 Å². The Kier molecular flexibility index (Phi) is 4.60. The molecule has 0 atom stereocenters. The van der Waals surface area contributed by atoms with Crippen LogP contribution >= 0.6 is 0 Å². The van der Waals surface area contributed by atoms with Crippen molar-refractivity contribution >= 4 is 17.5 Å². The molecule has 2 amide bonds. The third-order valence-electron chi connectivity index (χ3n) is 5.19. The van der Waals surface area contributed by atoms with Crippen LogP contribution < -0.4 is 5.32 Å². The summed E-state index contributed by atoms with van der Waals surface area (Å²) in [6.07, 6.45) is 1.55. The first kappa shape index (κ1) is 16.9. The second kappa shape index (κ2) is 6.53. The number of nitrogens with one attached hydrogen (secondary N) is 1. The number of nitrogens with zero attached hydrogens (tertiary/aromatic N) is 2. The number of likely N-dealkylation sites (tertiary alicyclic amines) is 1. The van der Waals surface area contributed by atoms with Crippen molar-refractivity contribution in [3.8, 4) is 0 Å². The maximum Gasteiger partial charge on any atom is 0.253 e. The molecule has 0 aromatic heterocycles. The lowest BCUT2D eigenvalue weighted by Crippen LogP contribution is -2.47. The molecule has 1 aromatic rings. The first-order chi connectivity index (χ1) is 11.5. The van der Waals surface area contributed by atoms with E-state index in [4.69, 9.17) is 4.74 Å². The Labute approximate surface area is 142 Å². The van der Waals surface area contributed by atoms with Gasteiger partial charge in [-0.3, -0.25) is 9.59 Å². The quantitative estimate of drug-likeness (QED) is 0.904. The second-order valence-corrected chi connectivity index (χ2v) is 6.83. The summed E-state index contributed by atoms with van der Waals surface area (Å²) in [5.74, 6) is 0.0307. The van der Waals surface area contributed by atoms with E-state index in [1.54, 1.807) is 32.2 Å². The summed E-state index contributed by atoms with van der Waals surface area (Å²) in [7, 11) is 5.18. The van der Waals surface area contributed by atoms with Gasteiger partial charge in [0.2, 0.25) is 5.91 Å². The molecular weight excluding hydrogens is 306 g/mol. The number of amides is 2. The van der Waals surface area contributed by atoms with E-state index in [0.29, 0.717) is 12.2 Å². The van der Waals surface area contributed by atoms with Gasteiger partial charge in [0.05, 0.1) is 12.0 Å². The van der Waals surface area contributed by atoms with Crippen molar-refractivity contribution < 1.29 is 14.3 Å². The van der Waals surface area contributed by atoms with Crippen molar-refractivity contribution in [1.29, 1.82) is 0 Å². The number of carbonyl (C=O) groups is 2. The molecule has 130 valence electrons. The fraction of sp³-hybridized carbons (Fsp3) is 0.556. The minimum absolute atomic E-state index is 0.0372. The molecule has 3 rings (SSSR count). The van der Waals surface area contributed by atoms with E-state index >= 15 is 0 Å². The topological polar surface area (TPSA) is 61.9 Å². The standard InChI is InChI=1S/C18H25N3O3/c1-20(2)16(22)13-4-5-15-14(12-13)18(17(23)19-15)6-8-21(9-7-18)10-11-24-3/h4-5,12H,6-11H2,1-3H3,(H,19,23). The zero-order chi connectivity index (χ0) is 17.3. The minimum atomic E-state index is -0.499. The summed E-state index contributed by atoms with van der Waals surface area (Å²) >= 11 is 0. The van der Waals surface area contributed by atoms with Gasteiger partial charge < -0.3 is 19.9 Å². The van der Waals surface area contributed by atoms with Gasteiger partial charge in [0.1, 0.15) is 0 Å². The number of hydrogen-bond donors (Lipinski definition) is 1. The van der Waals surface area contributed by atoms with E-state index in [1.807, 2.05) is 12.1 Å². The van der Waals surface area contributed by atoms with Crippen LogP contribution in [-0.4, -0.2) is 69.1 Å². The normalized spacial score (nSPS) is 19.2. The number of carbonyl (C=O) groups excluding carboxylic acids is 2. The highest BCUT2D eigenvalue weighted by Crippen LogP contribution is 2.45. The summed E-state index contributed by atoms with van der Waals surface area (Å²) < 4.78 is 5.14. The summed E-state index contributed by atoms with van der Waals surface area (Å²) in [4.78, 5) is 28.8. The summed E-state index contributed by atoms with van der Waals surface area (Å²) in [6, 6.07) is 5.55. The van der Waals surface area contributed by atoms with Crippen LogP contribution in [0.15, 0.2) is 18.2 Å². The fourth-order valence-electron chi connectivity index (χ4n) is 3.68. The number of ether oxygens (including phenoxy) is 1. The van der Waals surface area contributed by atoms with Gasteiger partial charge in [0.15, 0.2) is 0 Å². The van der Waals surface area contributed by atoms with Gasteiger partial charge in [0.25, 0.3) is 5.91 Å². The maximum absolute atomic E-state index is 12.7. The molecule has 6 nitrogen and oxygen atoms in total. The molecule has 1 aromatic carbocycles. The van der Waals surface area contributed by atoms with Crippen molar-refractivity contribution in [3.05, 3.63) is 29.3 Å². The predicted molar refractivity (Wildman–Crippen MR) is 92.3 cm³/mol. The number of hydrogen-bond acceptors (Lipinski definition) is 4. The zero-order valence-corrected chi connectivity index (χ0v) is 14.6.